The summed E-state index contributed by atoms with van der Waals surface area (Å²) >= 11 is 0. The van der Waals surface area contributed by atoms with Crippen molar-refractivity contribution in [2.24, 2.45) is 0 Å². The number of nitrogens with one attached hydrogen (secondary N) is 3. The Hall–Kier alpha value is -3.11. The number of benzene rings is 2. The third kappa shape index (κ3) is 7.26. The molecule has 0 aliphatic heterocycles. The number of amides is 2. The van der Waals surface area contributed by atoms with Crippen molar-refractivity contribution in [2.75, 3.05) is 23.2 Å². The zero-order valence-electron chi connectivity index (χ0n) is 17.6. The van der Waals surface area contributed by atoms with Gasteiger partial charge in [0.25, 0.3) is 15.9 Å². The van der Waals surface area contributed by atoms with Gasteiger partial charge in [-0.15, -0.1) is 0 Å². The van der Waals surface area contributed by atoms with Crippen molar-refractivity contribution in [3.63, 3.8) is 0 Å². The molecule has 1 atom stereocenters. The summed E-state index contributed by atoms with van der Waals surface area (Å²) in [6.45, 7) is 5.36. The minimum absolute atomic E-state index is 0.0328. The van der Waals surface area contributed by atoms with Crippen LogP contribution in [0.1, 0.15) is 26.3 Å². The molecule has 168 valence electrons. The van der Waals surface area contributed by atoms with Crippen molar-refractivity contribution < 1.29 is 27.9 Å². The fourth-order valence-corrected chi connectivity index (χ4v) is 3.70. The number of rotatable bonds is 10. The summed E-state index contributed by atoms with van der Waals surface area (Å²) in [4.78, 5) is 22.9. The SMILES string of the molecule is CCOc1ccc(NC(=O)[C@@H](C)O)c(NS(=O)(=O)c2ccc(CCNC(C)=O)cc2)c1. The van der Waals surface area contributed by atoms with E-state index in [1.54, 1.807) is 25.1 Å². The lowest BCUT2D eigenvalue weighted by Crippen LogP contribution is -2.25. The molecule has 0 radical (unpaired) electrons. The lowest BCUT2D eigenvalue weighted by molar-refractivity contribution is -0.123. The first kappa shape index (κ1) is 24.2. The minimum atomic E-state index is -3.96. The zero-order chi connectivity index (χ0) is 23.0. The number of carbonyl (C=O) groups is 2. The van der Waals surface area contributed by atoms with E-state index in [-0.39, 0.29) is 22.2 Å². The number of carbonyl (C=O) groups excluding carboxylic acids is 2. The van der Waals surface area contributed by atoms with Crippen LogP contribution in [-0.2, 0) is 26.0 Å². The van der Waals surface area contributed by atoms with Crippen molar-refractivity contribution in [2.45, 2.75) is 38.2 Å². The highest BCUT2D eigenvalue weighted by molar-refractivity contribution is 7.92. The van der Waals surface area contributed by atoms with Crippen LogP contribution in [0.3, 0.4) is 0 Å². The van der Waals surface area contributed by atoms with Gasteiger partial charge >= 0.3 is 0 Å². The molecule has 2 amide bonds. The lowest BCUT2D eigenvalue weighted by Gasteiger charge is -2.16. The summed E-state index contributed by atoms with van der Waals surface area (Å²) in [6.07, 6.45) is -0.694. The average Bonchev–Trinajstić information content (AvgIpc) is 2.70. The van der Waals surface area contributed by atoms with E-state index in [0.29, 0.717) is 25.3 Å². The summed E-state index contributed by atoms with van der Waals surface area (Å²) in [5, 5.41) is 14.6. The Labute approximate surface area is 181 Å². The maximum Gasteiger partial charge on any atom is 0.261 e. The minimum Gasteiger partial charge on any atom is -0.494 e. The number of sulfonamides is 1. The van der Waals surface area contributed by atoms with Crippen LogP contribution in [0.25, 0.3) is 0 Å². The second kappa shape index (κ2) is 10.8. The van der Waals surface area contributed by atoms with E-state index >= 15 is 0 Å². The van der Waals surface area contributed by atoms with E-state index in [4.69, 9.17) is 4.74 Å². The van der Waals surface area contributed by atoms with Crippen molar-refractivity contribution in [3.05, 3.63) is 48.0 Å². The molecule has 10 heteroatoms. The molecule has 0 fully saturated rings. The second-order valence-corrected chi connectivity index (χ2v) is 8.47. The Balaban J connectivity index is 2.24. The van der Waals surface area contributed by atoms with Crippen LogP contribution in [0.2, 0.25) is 0 Å². The molecule has 0 spiro atoms. The highest BCUT2D eigenvalue weighted by Crippen LogP contribution is 2.29. The molecular weight excluding hydrogens is 422 g/mol. The number of ether oxygens (including phenoxy) is 1. The smallest absolute Gasteiger partial charge is 0.261 e. The van der Waals surface area contributed by atoms with Crippen LogP contribution < -0.4 is 20.1 Å². The monoisotopic (exact) mass is 449 g/mol. The zero-order valence-corrected chi connectivity index (χ0v) is 18.5. The first-order chi connectivity index (χ1) is 14.6. The van der Waals surface area contributed by atoms with Crippen LogP contribution in [0.4, 0.5) is 11.4 Å². The molecule has 0 unspecified atom stereocenters. The molecule has 0 heterocycles. The Bertz CT molecular complexity index is 1020. The van der Waals surface area contributed by atoms with E-state index in [2.05, 4.69) is 15.4 Å². The van der Waals surface area contributed by atoms with E-state index in [0.717, 1.165) is 5.56 Å². The third-order valence-corrected chi connectivity index (χ3v) is 5.59. The Kier molecular flexibility index (Phi) is 8.40. The maximum atomic E-state index is 12.9. The van der Waals surface area contributed by atoms with Gasteiger partial charge in [0.1, 0.15) is 11.9 Å². The molecule has 0 saturated heterocycles. The molecule has 0 aliphatic carbocycles. The quantitative estimate of drug-likeness (QED) is 0.438. The summed E-state index contributed by atoms with van der Waals surface area (Å²) in [6, 6.07) is 10.8. The predicted molar refractivity (Wildman–Crippen MR) is 118 cm³/mol. The van der Waals surface area contributed by atoms with Gasteiger partial charge in [-0.25, -0.2) is 8.42 Å². The summed E-state index contributed by atoms with van der Waals surface area (Å²) in [5.41, 5.74) is 1.16. The molecule has 0 saturated carbocycles. The first-order valence-corrected chi connectivity index (χ1v) is 11.2. The molecule has 2 aromatic rings. The largest absolute Gasteiger partial charge is 0.494 e. The Morgan fingerprint density at radius 3 is 2.35 bits per heavy atom. The topological polar surface area (TPSA) is 134 Å². The fraction of sp³-hybridized carbons (Fsp3) is 0.333. The van der Waals surface area contributed by atoms with E-state index in [9.17, 15) is 23.1 Å². The van der Waals surface area contributed by atoms with Crippen LogP contribution in [0, 0.1) is 0 Å². The van der Waals surface area contributed by atoms with Crippen LogP contribution >= 0.6 is 0 Å². The number of hydrogen-bond donors (Lipinski definition) is 4. The number of aliphatic hydroxyl groups is 1. The van der Waals surface area contributed by atoms with Crippen LogP contribution in [0.5, 0.6) is 5.75 Å². The van der Waals surface area contributed by atoms with Crippen LogP contribution in [0.15, 0.2) is 47.4 Å². The van der Waals surface area contributed by atoms with Crippen LogP contribution in [-0.4, -0.2) is 44.6 Å². The first-order valence-electron chi connectivity index (χ1n) is 9.74. The molecule has 31 heavy (non-hydrogen) atoms. The number of aliphatic hydroxyl groups excluding tert-OH is 1. The van der Waals surface area contributed by atoms with Crippen molar-refractivity contribution in [3.8, 4) is 5.75 Å². The molecular formula is C21H27N3O6S. The molecule has 2 rings (SSSR count). The van der Waals surface area contributed by atoms with Gasteiger partial charge in [0.15, 0.2) is 0 Å². The van der Waals surface area contributed by atoms with Gasteiger partial charge in [-0.3, -0.25) is 14.3 Å². The Morgan fingerprint density at radius 2 is 1.77 bits per heavy atom. The summed E-state index contributed by atoms with van der Waals surface area (Å²) < 4.78 is 33.7. The molecule has 0 aromatic heterocycles. The Morgan fingerprint density at radius 1 is 1.10 bits per heavy atom. The van der Waals surface area contributed by atoms with Gasteiger partial charge in [-0.05, 0) is 50.1 Å². The average molecular weight is 450 g/mol. The lowest BCUT2D eigenvalue weighted by atomic mass is 10.1. The molecule has 4 N–H and O–H groups in total. The van der Waals surface area contributed by atoms with Crippen molar-refractivity contribution in [1.82, 2.24) is 5.32 Å². The number of anilines is 2. The van der Waals surface area contributed by atoms with Gasteiger partial charge < -0.3 is 20.5 Å². The second-order valence-electron chi connectivity index (χ2n) is 6.79. The highest BCUT2D eigenvalue weighted by atomic mass is 32.2. The normalized spacial score (nSPS) is 12.0. The predicted octanol–water partition coefficient (Wildman–Crippen LogP) is 1.88. The van der Waals surface area contributed by atoms with Gasteiger partial charge in [0.05, 0.1) is 22.9 Å². The highest BCUT2D eigenvalue weighted by Gasteiger charge is 2.19. The van der Waals surface area contributed by atoms with Gasteiger partial charge in [-0.1, -0.05) is 12.1 Å². The van der Waals surface area contributed by atoms with E-state index in [1.165, 1.54) is 38.1 Å². The summed E-state index contributed by atoms with van der Waals surface area (Å²) in [5.74, 6) is -0.382. The molecule has 0 aliphatic rings. The van der Waals surface area contributed by atoms with Crippen molar-refractivity contribution >= 4 is 33.2 Å². The van der Waals surface area contributed by atoms with Gasteiger partial charge in [-0.2, -0.15) is 0 Å². The standard InChI is InChI=1S/C21H27N3O6S/c1-4-30-17-7-10-19(23-21(27)14(2)25)20(13-17)24-31(28,29)18-8-5-16(6-9-18)11-12-22-15(3)26/h5-10,13-14,24-25H,4,11-12H2,1-3H3,(H,22,26)(H,23,27)/t14-/m1/s1. The van der Waals surface area contributed by atoms with Gasteiger partial charge in [0.2, 0.25) is 5.91 Å². The molecule has 2 aromatic carbocycles. The number of hydrogen-bond acceptors (Lipinski definition) is 6. The fourth-order valence-electron chi connectivity index (χ4n) is 2.63. The van der Waals surface area contributed by atoms with E-state index < -0.39 is 22.0 Å². The van der Waals surface area contributed by atoms with Crippen molar-refractivity contribution in [1.29, 1.82) is 0 Å². The molecule has 9 nitrogen and oxygen atoms in total. The third-order valence-electron chi connectivity index (χ3n) is 4.20. The summed E-state index contributed by atoms with van der Waals surface area (Å²) in [7, 11) is -3.96. The maximum absolute atomic E-state index is 12.9. The van der Waals surface area contributed by atoms with E-state index in [1.807, 2.05) is 0 Å². The molecule has 0 bridgehead atoms. The van der Waals surface area contributed by atoms with Gasteiger partial charge in [0, 0.05) is 19.5 Å².